The highest BCUT2D eigenvalue weighted by Gasteiger charge is 2.24. The minimum Gasteiger partial charge on any atom is -0.367 e. The van der Waals surface area contributed by atoms with Crippen LogP contribution in [0.15, 0.2) is 47.6 Å². The Hall–Kier alpha value is -1.70. The minimum atomic E-state index is 0. The second-order valence-corrected chi connectivity index (χ2v) is 6.82. The molecule has 26 heavy (non-hydrogen) atoms. The van der Waals surface area contributed by atoms with Gasteiger partial charge in [-0.05, 0) is 37.1 Å². The molecule has 0 bridgehead atoms. The van der Waals surface area contributed by atoms with Gasteiger partial charge in [-0.15, -0.1) is 24.0 Å². The molecule has 0 fully saturated rings. The van der Waals surface area contributed by atoms with Crippen molar-refractivity contribution in [1.82, 2.24) is 14.8 Å². The summed E-state index contributed by atoms with van der Waals surface area (Å²) in [6.45, 7) is 5.00. The van der Waals surface area contributed by atoms with Gasteiger partial charge in [0.15, 0.2) is 5.96 Å². The first-order chi connectivity index (χ1) is 12.1. The lowest BCUT2D eigenvalue weighted by molar-refractivity contribution is 0.461. The van der Waals surface area contributed by atoms with Crippen molar-refractivity contribution in [3.63, 3.8) is 0 Å². The average Bonchev–Trinajstić information content (AvgIpc) is 3.14. The normalized spacial score (nSPS) is 16.2. The van der Waals surface area contributed by atoms with Crippen molar-refractivity contribution < 1.29 is 0 Å². The van der Waals surface area contributed by atoms with E-state index < -0.39 is 0 Å². The number of aryl methyl sites for hydroxylation is 1. The molecule has 0 radical (unpaired) electrons. The van der Waals surface area contributed by atoms with Crippen LogP contribution in [0.25, 0.3) is 0 Å². The molecule has 2 aromatic rings. The highest BCUT2D eigenvalue weighted by Crippen LogP contribution is 2.31. The highest BCUT2D eigenvalue weighted by atomic mass is 127. The molecule has 1 atom stereocenters. The molecule has 3 rings (SSSR count). The standard InChI is InChI=1S/C20H29N5.HI/c1-16-14-17-8-5-6-10-19(17)25(16)13-11-22-20(21-2)24(4)15-18-9-7-12-23(18)3;/h5-10,12,16H,11,13-15H2,1-4H3,(H,21,22);1H. The molecule has 0 saturated heterocycles. The summed E-state index contributed by atoms with van der Waals surface area (Å²) in [5.74, 6) is 0.932. The monoisotopic (exact) mass is 467 g/mol. The molecule has 1 N–H and O–H groups in total. The SMILES string of the molecule is CN=C(NCCN1c2ccccc2CC1C)N(C)Cc1cccn1C.I. The first-order valence-electron chi connectivity index (χ1n) is 8.96. The topological polar surface area (TPSA) is 35.8 Å². The molecular formula is C20H30IN5. The fourth-order valence-electron chi connectivity index (χ4n) is 3.62. The van der Waals surface area contributed by atoms with Gasteiger partial charge in [-0.2, -0.15) is 0 Å². The summed E-state index contributed by atoms with van der Waals surface area (Å²) in [6.07, 6.45) is 3.21. The molecule has 1 unspecified atom stereocenters. The summed E-state index contributed by atoms with van der Waals surface area (Å²) < 4.78 is 2.15. The van der Waals surface area contributed by atoms with E-state index in [1.165, 1.54) is 16.9 Å². The third-order valence-corrected chi connectivity index (χ3v) is 5.01. The minimum absolute atomic E-state index is 0. The molecule has 5 nitrogen and oxygen atoms in total. The maximum Gasteiger partial charge on any atom is 0.193 e. The third kappa shape index (κ3) is 4.52. The van der Waals surface area contributed by atoms with Crippen LogP contribution in [0.1, 0.15) is 18.2 Å². The van der Waals surface area contributed by atoms with E-state index in [-0.39, 0.29) is 24.0 Å². The highest BCUT2D eigenvalue weighted by molar-refractivity contribution is 14.0. The number of hydrogen-bond acceptors (Lipinski definition) is 2. The average molecular weight is 467 g/mol. The van der Waals surface area contributed by atoms with Crippen LogP contribution >= 0.6 is 24.0 Å². The molecule has 1 aliphatic rings. The molecule has 0 amide bonds. The van der Waals surface area contributed by atoms with E-state index in [4.69, 9.17) is 0 Å². The van der Waals surface area contributed by atoms with E-state index in [0.29, 0.717) is 6.04 Å². The molecule has 0 saturated carbocycles. The number of aromatic nitrogens is 1. The van der Waals surface area contributed by atoms with Crippen molar-refractivity contribution in [2.45, 2.75) is 25.9 Å². The van der Waals surface area contributed by atoms with Crippen LogP contribution in [0.4, 0.5) is 5.69 Å². The van der Waals surface area contributed by atoms with Gasteiger partial charge < -0.3 is 19.7 Å². The summed E-state index contributed by atoms with van der Waals surface area (Å²) in [4.78, 5) is 9.09. The number of halogens is 1. The Kier molecular flexibility index (Phi) is 7.37. The number of nitrogens with one attached hydrogen (secondary N) is 1. The second kappa shape index (κ2) is 9.30. The number of para-hydroxylation sites is 1. The zero-order chi connectivity index (χ0) is 17.8. The Balaban J connectivity index is 0.00000243. The van der Waals surface area contributed by atoms with Crippen molar-refractivity contribution >= 4 is 35.6 Å². The molecule has 2 heterocycles. The quantitative estimate of drug-likeness (QED) is 0.417. The fraction of sp³-hybridized carbons (Fsp3) is 0.450. The van der Waals surface area contributed by atoms with Crippen LogP contribution < -0.4 is 10.2 Å². The third-order valence-electron chi connectivity index (χ3n) is 5.01. The smallest absolute Gasteiger partial charge is 0.193 e. The lowest BCUT2D eigenvalue weighted by atomic mass is 10.1. The van der Waals surface area contributed by atoms with E-state index in [1.54, 1.807) is 0 Å². The Morgan fingerprint density at radius 3 is 2.73 bits per heavy atom. The Labute approximate surface area is 174 Å². The molecule has 1 aromatic carbocycles. The lowest BCUT2D eigenvalue weighted by Gasteiger charge is -2.27. The van der Waals surface area contributed by atoms with Crippen LogP contribution in [-0.2, 0) is 20.0 Å². The number of nitrogens with zero attached hydrogens (tertiary/aromatic N) is 4. The van der Waals surface area contributed by atoms with E-state index in [2.05, 4.69) is 88.3 Å². The number of benzene rings is 1. The molecule has 0 aliphatic carbocycles. The van der Waals surface area contributed by atoms with Gasteiger partial charge in [0, 0.05) is 57.9 Å². The largest absolute Gasteiger partial charge is 0.367 e. The van der Waals surface area contributed by atoms with Gasteiger partial charge in [0.25, 0.3) is 0 Å². The first-order valence-corrected chi connectivity index (χ1v) is 8.96. The van der Waals surface area contributed by atoms with Crippen molar-refractivity contribution in [2.75, 3.05) is 32.1 Å². The van der Waals surface area contributed by atoms with Crippen molar-refractivity contribution in [1.29, 1.82) is 0 Å². The first kappa shape index (κ1) is 20.6. The lowest BCUT2D eigenvalue weighted by Crippen LogP contribution is -2.43. The van der Waals surface area contributed by atoms with Crippen LogP contribution in [0.5, 0.6) is 0 Å². The van der Waals surface area contributed by atoms with Crippen LogP contribution in [0, 0.1) is 0 Å². The van der Waals surface area contributed by atoms with E-state index in [0.717, 1.165) is 32.0 Å². The number of anilines is 1. The van der Waals surface area contributed by atoms with Gasteiger partial charge in [-0.25, -0.2) is 0 Å². The maximum absolute atomic E-state index is 4.43. The van der Waals surface area contributed by atoms with Gasteiger partial charge in [0.2, 0.25) is 0 Å². The number of hydrogen-bond donors (Lipinski definition) is 1. The number of aliphatic imine (C=N–C) groups is 1. The summed E-state index contributed by atoms with van der Waals surface area (Å²) in [5, 5.41) is 3.50. The van der Waals surface area contributed by atoms with Gasteiger partial charge in [-0.3, -0.25) is 4.99 Å². The Bertz CT molecular complexity index is 739. The van der Waals surface area contributed by atoms with Gasteiger partial charge in [0.05, 0.1) is 6.54 Å². The van der Waals surface area contributed by atoms with E-state index in [9.17, 15) is 0 Å². The Morgan fingerprint density at radius 2 is 2.04 bits per heavy atom. The van der Waals surface area contributed by atoms with E-state index >= 15 is 0 Å². The predicted molar refractivity (Wildman–Crippen MR) is 121 cm³/mol. The zero-order valence-corrected chi connectivity index (χ0v) is 18.5. The van der Waals surface area contributed by atoms with Crippen molar-refractivity contribution in [3.05, 3.63) is 53.9 Å². The van der Waals surface area contributed by atoms with Crippen LogP contribution in [-0.4, -0.2) is 48.7 Å². The van der Waals surface area contributed by atoms with Crippen molar-refractivity contribution in [2.24, 2.45) is 12.0 Å². The number of guanidine groups is 1. The molecule has 6 heteroatoms. The molecular weight excluding hydrogens is 437 g/mol. The maximum atomic E-state index is 4.43. The van der Waals surface area contributed by atoms with Gasteiger partial charge in [0.1, 0.15) is 0 Å². The summed E-state index contributed by atoms with van der Waals surface area (Å²) in [5.41, 5.74) is 4.11. The Morgan fingerprint density at radius 1 is 1.27 bits per heavy atom. The van der Waals surface area contributed by atoms with Crippen molar-refractivity contribution in [3.8, 4) is 0 Å². The van der Waals surface area contributed by atoms with Crippen LogP contribution in [0.2, 0.25) is 0 Å². The van der Waals surface area contributed by atoms with E-state index in [1.807, 2.05) is 7.05 Å². The molecule has 1 aromatic heterocycles. The second-order valence-electron chi connectivity index (χ2n) is 6.82. The van der Waals surface area contributed by atoms with Crippen LogP contribution in [0.3, 0.4) is 0 Å². The predicted octanol–water partition coefficient (Wildman–Crippen LogP) is 3.10. The number of rotatable bonds is 5. The zero-order valence-electron chi connectivity index (χ0n) is 16.1. The molecule has 1 aliphatic heterocycles. The summed E-state index contributed by atoms with van der Waals surface area (Å²) in [6, 6.07) is 13.5. The summed E-state index contributed by atoms with van der Waals surface area (Å²) in [7, 11) is 6.00. The number of fused-ring (bicyclic) bond motifs is 1. The summed E-state index contributed by atoms with van der Waals surface area (Å²) >= 11 is 0. The van der Waals surface area contributed by atoms with Gasteiger partial charge in [-0.1, -0.05) is 18.2 Å². The molecule has 0 spiro atoms. The fourth-order valence-corrected chi connectivity index (χ4v) is 3.62. The van der Waals surface area contributed by atoms with Gasteiger partial charge >= 0.3 is 0 Å². The molecule has 142 valence electrons.